The van der Waals surface area contributed by atoms with E-state index in [1.807, 2.05) is 0 Å². The van der Waals surface area contributed by atoms with Gasteiger partial charge in [0.15, 0.2) is 15.7 Å². The van der Waals surface area contributed by atoms with E-state index in [4.69, 9.17) is 10.5 Å². The second-order valence-electron chi connectivity index (χ2n) is 9.02. The molecule has 1 aromatic heterocycles. The molecule has 1 aromatic carbocycles. The van der Waals surface area contributed by atoms with Gasteiger partial charge in [0.05, 0.1) is 30.5 Å². The van der Waals surface area contributed by atoms with Crippen LogP contribution in [0.2, 0.25) is 0 Å². The zero-order chi connectivity index (χ0) is 24.6. The lowest BCUT2D eigenvalue weighted by Crippen LogP contribution is -2.64. The van der Waals surface area contributed by atoms with Crippen molar-refractivity contribution in [2.45, 2.75) is 43.2 Å². The summed E-state index contributed by atoms with van der Waals surface area (Å²) in [6.45, 7) is 5.65. The maximum absolute atomic E-state index is 12.3. The van der Waals surface area contributed by atoms with Crippen LogP contribution in [0.3, 0.4) is 0 Å². The molecule has 2 heterocycles. The normalized spacial score (nSPS) is 15.3. The van der Waals surface area contributed by atoms with Gasteiger partial charge >= 0.3 is 6.09 Å². The molecule has 11 nitrogen and oxygen atoms in total. The Labute approximate surface area is 192 Å². The predicted octanol–water partition coefficient (Wildman–Crippen LogP) is 1.99. The van der Waals surface area contributed by atoms with Gasteiger partial charge in [-0.1, -0.05) is 0 Å². The van der Waals surface area contributed by atoms with Crippen molar-refractivity contribution in [1.82, 2.24) is 14.7 Å². The van der Waals surface area contributed by atoms with Crippen LogP contribution in [0.1, 0.15) is 37.6 Å². The standard InChI is InChI=1S/C21H26N6O5S/c1-20(2,3)32-19(29)26-12-21(13-26,9-10-22)27-11-16(17(23)28)18(25-27)24-14-5-7-15(8-6-14)33(4,30)31/h5-8,11H,9,12-13H2,1-4H3,(H2,23,28)(H,24,25). The molecule has 0 atom stereocenters. The lowest BCUT2D eigenvalue weighted by atomic mass is 9.87. The van der Waals surface area contributed by atoms with E-state index >= 15 is 0 Å². The van der Waals surface area contributed by atoms with Gasteiger partial charge < -0.3 is 20.7 Å². The Morgan fingerprint density at radius 2 is 1.88 bits per heavy atom. The van der Waals surface area contributed by atoms with Crippen LogP contribution < -0.4 is 11.1 Å². The summed E-state index contributed by atoms with van der Waals surface area (Å²) in [5, 5.41) is 16.8. The van der Waals surface area contributed by atoms with Gasteiger partial charge in [-0.2, -0.15) is 10.4 Å². The van der Waals surface area contributed by atoms with Crippen LogP contribution in [-0.2, 0) is 20.1 Å². The first-order valence-electron chi connectivity index (χ1n) is 10.1. The fourth-order valence-electron chi connectivity index (χ4n) is 3.42. The summed E-state index contributed by atoms with van der Waals surface area (Å²) in [7, 11) is -3.35. The van der Waals surface area contributed by atoms with E-state index in [1.54, 1.807) is 32.9 Å². The Kier molecular flexibility index (Phi) is 6.12. The molecule has 1 saturated heterocycles. The number of benzene rings is 1. The molecule has 12 heteroatoms. The molecule has 0 aliphatic carbocycles. The number of nitrogens with two attached hydrogens (primary N) is 1. The largest absolute Gasteiger partial charge is 0.444 e. The van der Waals surface area contributed by atoms with Crippen LogP contribution in [0.4, 0.5) is 16.3 Å². The topological polar surface area (TPSA) is 160 Å². The predicted molar refractivity (Wildman–Crippen MR) is 120 cm³/mol. The third kappa shape index (κ3) is 5.25. The molecule has 3 rings (SSSR count). The number of ether oxygens (including phenoxy) is 1. The van der Waals surface area contributed by atoms with Crippen LogP contribution in [0.5, 0.6) is 0 Å². The van der Waals surface area contributed by atoms with Gasteiger partial charge in [-0.3, -0.25) is 9.48 Å². The van der Waals surface area contributed by atoms with E-state index in [-0.39, 0.29) is 35.8 Å². The second-order valence-corrected chi connectivity index (χ2v) is 11.0. The van der Waals surface area contributed by atoms with Crippen molar-refractivity contribution in [3.05, 3.63) is 36.0 Å². The number of nitrogens with zero attached hydrogens (tertiary/aromatic N) is 4. The van der Waals surface area contributed by atoms with Crippen LogP contribution in [-0.4, -0.2) is 60.0 Å². The molecule has 1 aliphatic heterocycles. The number of carbonyl (C=O) groups is 2. The lowest BCUT2D eigenvalue weighted by Gasteiger charge is -2.48. The van der Waals surface area contributed by atoms with Crippen molar-refractivity contribution in [3.63, 3.8) is 0 Å². The number of sulfone groups is 1. The van der Waals surface area contributed by atoms with E-state index in [2.05, 4.69) is 16.5 Å². The lowest BCUT2D eigenvalue weighted by molar-refractivity contribution is -0.0313. The van der Waals surface area contributed by atoms with Crippen LogP contribution >= 0.6 is 0 Å². The fourth-order valence-corrected chi connectivity index (χ4v) is 4.05. The summed E-state index contributed by atoms with van der Waals surface area (Å²) in [4.78, 5) is 26.0. The van der Waals surface area contributed by atoms with Crippen LogP contribution in [0, 0.1) is 11.3 Å². The van der Waals surface area contributed by atoms with Crippen LogP contribution in [0.15, 0.2) is 35.4 Å². The summed E-state index contributed by atoms with van der Waals surface area (Å²) in [5.74, 6) is -0.574. The van der Waals surface area contributed by atoms with E-state index in [9.17, 15) is 23.3 Å². The number of anilines is 2. The number of rotatable bonds is 6. The van der Waals surface area contributed by atoms with Crippen molar-refractivity contribution in [2.24, 2.45) is 5.73 Å². The number of hydrogen-bond donors (Lipinski definition) is 2. The number of carbonyl (C=O) groups excluding carboxylic acids is 2. The molecule has 2 amide bonds. The summed E-state index contributed by atoms with van der Waals surface area (Å²) >= 11 is 0. The van der Waals surface area contributed by atoms with Crippen molar-refractivity contribution < 1.29 is 22.7 Å². The number of nitriles is 1. The SMILES string of the molecule is CC(C)(C)OC(=O)N1CC(CC#N)(n2cc(C(N)=O)c(Nc3ccc(S(C)(=O)=O)cc3)n2)C1. The Hall–Kier alpha value is -3.59. The number of nitrogens with one attached hydrogen (secondary N) is 1. The minimum absolute atomic E-state index is 0.0503. The summed E-state index contributed by atoms with van der Waals surface area (Å²) in [5.41, 5.74) is 4.62. The highest BCUT2D eigenvalue weighted by Gasteiger charge is 2.49. The van der Waals surface area contributed by atoms with Crippen molar-refractivity contribution in [2.75, 3.05) is 24.7 Å². The Morgan fingerprint density at radius 1 is 1.27 bits per heavy atom. The first-order valence-corrected chi connectivity index (χ1v) is 12.0. The molecule has 2 aromatic rings. The molecule has 0 radical (unpaired) electrons. The molecule has 176 valence electrons. The highest BCUT2D eigenvalue weighted by Crippen LogP contribution is 2.35. The molecular weight excluding hydrogens is 448 g/mol. The highest BCUT2D eigenvalue weighted by atomic mass is 32.2. The minimum Gasteiger partial charge on any atom is -0.444 e. The van der Waals surface area contributed by atoms with Crippen LogP contribution in [0.25, 0.3) is 0 Å². The fraction of sp³-hybridized carbons (Fsp3) is 0.429. The van der Waals surface area contributed by atoms with Crippen molar-refractivity contribution >= 4 is 33.3 Å². The van der Waals surface area contributed by atoms with E-state index in [1.165, 1.54) is 27.9 Å². The van der Waals surface area contributed by atoms with Gasteiger partial charge in [-0.05, 0) is 45.0 Å². The molecule has 3 N–H and O–H groups in total. The molecule has 0 bridgehead atoms. The molecular formula is C21H26N6O5S. The minimum atomic E-state index is -3.35. The molecule has 0 saturated carbocycles. The first kappa shape index (κ1) is 24.1. The average Bonchev–Trinajstić information content (AvgIpc) is 3.06. The van der Waals surface area contributed by atoms with Crippen molar-refractivity contribution in [1.29, 1.82) is 5.26 Å². The quantitative estimate of drug-likeness (QED) is 0.642. The van der Waals surface area contributed by atoms with E-state index < -0.39 is 33.0 Å². The van der Waals surface area contributed by atoms with Gasteiger partial charge in [0.1, 0.15) is 16.7 Å². The number of hydrogen-bond acceptors (Lipinski definition) is 8. The highest BCUT2D eigenvalue weighted by molar-refractivity contribution is 7.90. The Bertz CT molecular complexity index is 1220. The second kappa shape index (κ2) is 8.40. The number of aromatic nitrogens is 2. The number of likely N-dealkylation sites (tertiary alicyclic amines) is 1. The summed E-state index contributed by atoms with van der Waals surface area (Å²) < 4.78 is 30.2. The van der Waals surface area contributed by atoms with Gasteiger partial charge in [-0.15, -0.1) is 0 Å². The smallest absolute Gasteiger partial charge is 0.410 e. The molecule has 0 spiro atoms. The van der Waals surface area contributed by atoms with E-state index in [0.29, 0.717) is 5.69 Å². The van der Waals surface area contributed by atoms with Gasteiger partial charge in [0.25, 0.3) is 5.91 Å². The van der Waals surface area contributed by atoms with E-state index in [0.717, 1.165) is 6.26 Å². The average molecular weight is 475 g/mol. The van der Waals surface area contributed by atoms with Gasteiger partial charge in [0, 0.05) is 18.1 Å². The number of amides is 2. The zero-order valence-corrected chi connectivity index (χ0v) is 19.6. The third-order valence-corrected chi connectivity index (χ3v) is 6.17. The molecule has 33 heavy (non-hydrogen) atoms. The first-order chi connectivity index (χ1) is 15.2. The zero-order valence-electron chi connectivity index (χ0n) is 18.8. The number of primary amides is 1. The van der Waals surface area contributed by atoms with Crippen molar-refractivity contribution in [3.8, 4) is 6.07 Å². The molecule has 1 aliphatic rings. The maximum Gasteiger partial charge on any atom is 0.410 e. The van der Waals surface area contributed by atoms with Gasteiger partial charge in [-0.25, -0.2) is 13.2 Å². The summed E-state index contributed by atoms with van der Waals surface area (Å²) in [6.07, 6.45) is 2.10. The monoisotopic (exact) mass is 474 g/mol. The van der Waals surface area contributed by atoms with Gasteiger partial charge in [0.2, 0.25) is 0 Å². The maximum atomic E-state index is 12.3. The third-order valence-electron chi connectivity index (χ3n) is 5.04. The Morgan fingerprint density at radius 3 is 2.36 bits per heavy atom. The Balaban J connectivity index is 1.86. The summed E-state index contributed by atoms with van der Waals surface area (Å²) in [6, 6.07) is 8.05. The molecule has 1 fully saturated rings. The molecule has 0 unspecified atom stereocenters.